The molecule has 1 aromatic rings. The fourth-order valence-electron chi connectivity index (χ4n) is 1.64. The van der Waals surface area contributed by atoms with E-state index in [2.05, 4.69) is 0 Å². The topological polar surface area (TPSA) is 89.3 Å². The van der Waals surface area contributed by atoms with Crippen molar-refractivity contribution in [1.29, 1.82) is 0 Å². The third-order valence-corrected chi connectivity index (χ3v) is 2.41. The number of hydrogen-bond acceptors (Lipinski definition) is 4. The van der Waals surface area contributed by atoms with Gasteiger partial charge < -0.3 is 0 Å². The van der Waals surface area contributed by atoms with Crippen LogP contribution in [0.25, 0.3) is 0 Å². The number of hydrogen-bond donors (Lipinski definition) is 1. The summed E-state index contributed by atoms with van der Waals surface area (Å²) in [5.41, 5.74) is -0.00301. The van der Waals surface area contributed by atoms with Gasteiger partial charge in [0.2, 0.25) is 0 Å². The van der Waals surface area contributed by atoms with Gasteiger partial charge in [0.25, 0.3) is 5.91 Å². The van der Waals surface area contributed by atoms with Crippen LogP contribution in [0.3, 0.4) is 0 Å². The van der Waals surface area contributed by atoms with E-state index in [0.29, 0.717) is 0 Å². The molecule has 0 spiro atoms. The number of benzene rings is 1. The quantitative estimate of drug-likeness (QED) is 0.464. The molecule has 1 aliphatic heterocycles. The van der Waals surface area contributed by atoms with E-state index in [4.69, 9.17) is 0 Å². The number of amides is 2. The van der Waals surface area contributed by atoms with Gasteiger partial charge in [-0.2, -0.15) is 0 Å². The van der Waals surface area contributed by atoms with Gasteiger partial charge in [-0.1, -0.05) is 30.3 Å². The predicted molar refractivity (Wildman–Crippen MR) is 57.3 cm³/mol. The minimum Gasteiger partial charge on any atom is -0.283 e. The minimum atomic E-state index is -0.939. The molecule has 1 heterocycles. The van der Waals surface area contributed by atoms with Crippen molar-refractivity contribution in [3.8, 4) is 0 Å². The second-order valence-corrected chi connectivity index (χ2v) is 3.53. The zero-order valence-corrected chi connectivity index (χ0v) is 8.67. The van der Waals surface area contributed by atoms with E-state index >= 15 is 0 Å². The summed E-state index contributed by atoms with van der Waals surface area (Å²) in [6, 6.07) is 8.79. The Balaban J connectivity index is 2.38. The number of nitrogens with zero attached hydrogens (tertiary/aromatic N) is 1. The van der Waals surface area contributed by atoms with Crippen LogP contribution in [0, 0.1) is 10.1 Å². The Labute approximate surface area is 96.1 Å². The van der Waals surface area contributed by atoms with Crippen molar-refractivity contribution in [2.45, 2.75) is 6.42 Å². The Morgan fingerprint density at radius 2 is 1.76 bits per heavy atom. The molecule has 1 aromatic carbocycles. The molecule has 2 rings (SSSR count). The summed E-state index contributed by atoms with van der Waals surface area (Å²) in [5.74, 6) is -1.63. The number of imide groups is 1. The molecule has 17 heavy (non-hydrogen) atoms. The number of rotatable bonds is 3. The van der Waals surface area contributed by atoms with Crippen LogP contribution >= 0.6 is 0 Å². The highest BCUT2D eigenvalue weighted by atomic mass is 16.6. The van der Waals surface area contributed by atoms with Crippen LogP contribution < -0.4 is 5.32 Å². The monoisotopic (exact) mass is 232 g/mol. The van der Waals surface area contributed by atoms with Crippen LogP contribution in [0.1, 0.15) is 5.56 Å². The van der Waals surface area contributed by atoms with Gasteiger partial charge in [-0.15, -0.1) is 0 Å². The van der Waals surface area contributed by atoms with Gasteiger partial charge in [-0.05, 0) is 5.56 Å². The van der Waals surface area contributed by atoms with E-state index in [1.807, 2.05) is 5.32 Å². The molecule has 0 fully saturated rings. The first-order valence-corrected chi connectivity index (χ1v) is 4.86. The summed E-state index contributed by atoms with van der Waals surface area (Å²) in [6.07, 6.45) is 0.0781. The first-order valence-electron chi connectivity index (χ1n) is 4.86. The lowest BCUT2D eigenvalue weighted by atomic mass is 10.0. The van der Waals surface area contributed by atoms with E-state index in [1.165, 1.54) is 0 Å². The molecule has 0 bridgehead atoms. The lowest BCUT2D eigenvalue weighted by molar-refractivity contribution is -0.419. The van der Waals surface area contributed by atoms with Crippen molar-refractivity contribution in [2.24, 2.45) is 0 Å². The molecule has 0 atom stereocenters. The van der Waals surface area contributed by atoms with Crippen LogP contribution in [-0.4, -0.2) is 16.7 Å². The summed E-state index contributed by atoms with van der Waals surface area (Å²) in [7, 11) is 0. The van der Waals surface area contributed by atoms with E-state index in [0.717, 1.165) is 5.56 Å². The summed E-state index contributed by atoms with van der Waals surface area (Å²) >= 11 is 0. The minimum absolute atomic E-state index is 0.0781. The number of nitro groups is 1. The Kier molecular flexibility index (Phi) is 2.70. The Hall–Kier alpha value is -2.50. The van der Waals surface area contributed by atoms with Gasteiger partial charge in [0.1, 0.15) is 5.57 Å². The highest BCUT2D eigenvalue weighted by Gasteiger charge is 2.39. The summed E-state index contributed by atoms with van der Waals surface area (Å²) in [6.45, 7) is 0. The molecule has 6 heteroatoms. The zero-order chi connectivity index (χ0) is 12.4. The average Bonchev–Trinajstić information content (AvgIpc) is 2.55. The fraction of sp³-hybridized carbons (Fsp3) is 0.0909. The maximum absolute atomic E-state index is 11.4. The maximum Gasteiger partial charge on any atom is 0.342 e. The molecule has 6 nitrogen and oxygen atoms in total. The van der Waals surface area contributed by atoms with Crippen LogP contribution in [0.2, 0.25) is 0 Å². The number of nitrogens with one attached hydrogen (secondary N) is 1. The molecule has 0 radical (unpaired) electrons. The number of carbonyl (C=O) groups is 2. The van der Waals surface area contributed by atoms with Crippen LogP contribution in [0.4, 0.5) is 0 Å². The maximum atomic E-state index is 11.4. The second-order valence-electron chi connectivity index (χ2n) is 3.53. The van der Waals surface area contributed by atoms with Crippen LogP contribution in [0.5, 0.6) is 0 Å². The lowest BCUT2D eigenvalue weighted by Gasteiger charge is -1.99. The zero-order valence-electron chi connectivity index (χ0n) is 8.67. The molecule has 0 unspecified atom stereocenters. The van der Waals surface area contributed by atoms with E-state index in [1.54, 1.807) is 30.3 Å². The smallest absolute Gasteiger partial charge is 0.283 e. The molecule has 1 N–H and O–H groups in total. The van der Waals surface area contributed by atoms with Gasteiger partial charge in [0, 0.05) is 6.42 Å². The Morgan fingerprint density at radius 3 is 2.35 bits per heavy atom. The number of carbonyl (C=O) groups excluding carboxylic acids is 2. The largest absolute Gasteiger partial charge is 0.342 e. The van der Waals surface area contributed by atoms with Crippen molar-refractivity contribution in [3.05, 3.63) is 57.3 Å². The SMILES string of the molecule is O=C1NC(=O)C([N+](=O)[O-])=C1Cc1ccccc1. The molecular formula is C11H8N2O4. The first-order chi connectivity index (χ1) is 8.09. The van der Waals surface area contributed by atoms with Crippen LogP contribution in [-0.2, 0) is 16.0 Å². The summed E-state index contributed by atoms with van der Waals surface area (Å²) < 4.78 is 0. The van der Waals surface area contributed by atoms with Crippen molar-refractivity contribution >= 4 is 11.8 Å². The Bertz CT molecular complexity index is 534. The lowest BCUT2D eigenvalue weighted by Crippen LogP contribution is -2.24. The molecule has 86 valence electrons. The molecule has 0 saturated heterocycles. The normalized spacial score (nSPS) is 15.1. The van der Waals surface area contributed by atoms with E-state index in [-0.39, 0.29) is 12.0 Å². The standard InChI is InChI=1S/C11H8N2O4/c14-10-8(6-7-4-2-1-3-5-7)9(13(16)17)11(15)12-10/h1-5H,6H2,(H,12,14,15). The summed E-state index contributed by atoms with van der Waals surface area (Å²) in [4.78, 5) is 32.5. The van der Waals surface area contributed by atoms with Gasteiger partial charge in [-0.3, -0.25) is 25.0 Å². The first kappa shape index (κ1) is 11.0. The predicted octanol–water partition coefficient (Wildman–Crippen LogP) is 0.416. The summed E-state index contributed by atoms with van der Waals surface area (Å²) in [5, 5.41) is 12.6. The molecule has 0 aromatic heterocycles. The van der Waals surface area contributed by atoms with Gasteiger partial charge in [0.15, 0.2) is 0 Å². The van der Waals surface area contributed by atoms with E-state index < -0.39 is 22.4 Å². The second kappa shape index (κ2) is 4.17. The molecular weight excluding hydrogens is 224 g/mol. The Morgan fingerprint density at radius 1 is 1.12 bits per heavy atom. The third kappa shape index (κ3) is 2.05. The highest BCUT2D eigenvalue weighted by molar-refractivity contribution is 6.18. The van der Waals surface area contributed by atoms with Gasteiger partial charge in [0.05, 0.1) is 4.92 Å². The van der Waals surface area contributed by atoms with Crippen molar-refractivity contribution in [3.63, 3.8) is 0 Å². The van der Waals surface area contributed by atoms with Crippen LogP contribution in [0.15, 0.2) is 41.6 Å². The molecule has 0 saturated carbocycles. The van der Waals surface area contributed by atoms with Gasteiger partial charge in [-0.25, -0.2) is 0 Å². The third-order valence-electron chi connectivity index (χ3n) is 2.41. The van der Waals surface area contributed by atoms with E-state index in [9.17, 15) is 19.7 Å². The molecule has 2 amide bonds. The fourth-order valence-corrected chi connectivity index (χ4v) is 1.64. The van der Waals surface area contributed by atoms with Crippen molar-refractivity contribution in [1.82, 2.24) is 5.32 Å². The highest BCUT2D eigenvalue weighted by Crippen LogP contribution is 2.18. The van der Waals surface area contributed by atoms with Gasteiger partial charge >= 0.3 is 11.6 Å². The molecule has 0 aliphatic carbocycles. The van der Waals surface area contributed by atoms with Crippen molar-refractivity contribution < 1.29 is 14.5 Å². The molecule has 1 aliphatic rings. The average molecular weight is 232 g/mol. The van der Waals surface area contributed by atoms with Crippen molar-refractivity contribution in [2.75, 3.05) is 0 Å².